The zero-order chi connectivity index (χ0) is 10.2. The van der Waals surface area contributed by atoms with E-state index in [1.807, 2.05) is 0 Å². The van der Waals surface area contributed by atoms with Gasteiger partial charge in [0.25, 0.3) is 0 Å². The van der Waals surface area contributed by atoms with Crippen LogP contribution in [0.25, 0.3) is 0 Å². The van der Waals surface area contributed by atoms with Crippen LogP contribution in [-0.2, 0) is 0 Å². The van der Waals surface area contributed by atoms with Gasteiger partial charge in [-0.05, 0) is 27.7 Å². The molecule has 4 heteroatoms. The molecule has 0 amide bonds. The molecule has 6 N–H and O–H groups in total. The molecule has 0 aliphatic carbocycles. The highest BCUT2D eigenvalue weighted by Crippen LogP contribution is 2.16. The maximum absolute atomic E-state index is 9.53. The summed E-state index contributed by atoms with van der Waals surface area (Å²) < 4.78 is 0. The lowest BCUT2D eigenvalue weighted by Gasteiger charge is -2.36. The molecule has 0 saturated carbocycles. The van der Waals surface area contributed by atoms with E-state index >= 15 is 0 Å². The van der Waals surface area contributed by atoms with Gasteiger partial charge in [0.15, 0.2) is 0 Å². The van der Waals surface area contributed by atoms with Crippen LogP contribution in [-0.4, -0.2) is 33.5 Å². The number of hydrogen-bond donors (Lipinski definition) is 4. The van der Waals surface area contributed by atoms with Gasteiger partial charge in [0.2, 0.25) is 0 Å². The van der Waals surface area contributed by atoms with Crippen molar-refractivity contribution >= 4 is 0 Å². The van der Waals surface area contributed by atoms with Gasteiger partial charge in [-0.15, -0.1) is 0 Å². The van der Waals surface area contributed by atoms with Gasteiger partial charge >= 0.3 is 0 Å². The SMILES string of the molecule is CC(C)(N)C(O)C(O)C(C)(C)N. The number of rotatable bonds is 3. The average molecular weight is 176 g/mol. The summed E-state index contributed by atoms with van der Waals surface area (Å²) in [7, 11) is 0. The maximum atomic E-state index is 9.53. The van der Waals surface area contributed by atoms with E-state index in [0.717, 1.165) is 0 Å². The molecule has 0 heterocycles. The molecule has 12 heavy (non-hydrogen) atoms. The van der Waals surface area contributed by atoms with E-state index in [9.17, 15) is 10.2 Å². The van der Waals surface area contributed by atoms with Crippen LogP contribution >= 0.6 is 0 Å². The minimum atomic E-state index is -1.02. The van der Waals surface area contributed by atoms with Crippen LogP contribution in [0.4, 0.5) is 0 Å². The number of aliphatic hydroxyl groups is 2. The zero-order valence-corrected chi connectivity index (χ0v) is 8.20. The Morgan fingerprint density at radius 1 is 0.833 bits per heavy atom. The van der Waals surface area contributed by atoms with Crippen molar-refractivity contribution < 1.29 is 10.2 Å². The van der Waals surface area contributed by atoms with Gasteiger partial charge in [0.1, 0.15) is 0 Å². The van der Waals surface area contributed by atoms with E-state index in [1.165, 1.54) is 0 Å². The molecule has 0 radical (unpaired) electrons. The summed E-state index contributed by atoms with van der Waals surface area (Å²) in [5, 5.41) is 19.1. The maximum Gasteiger partial charge on any atom is 0.0990 e. The first kappa shape index (κ1) is 11.8. The Balaban J connectivity index is 4.41. The smallest absolute Gasteiger partial charge is 0.0990 e. The molecule has 0 aromatic rings. The quantitative estimate of drug-likeness (QED) is 0.452. The van der Waals surface area contributed by atoms with Crippen molar-refractivity contribution in [3.63, 3.8) is 0 Å². The van der Waals surface area contributed by atoms with Crippen molar-refractivity contribution in [2.24, 2.45) is 11.5 Å². The Labute approximate surface area is 73.6 Å². The summed E-state index contributed by atoms with van der Waals surface area (Å²) in [5.41, 5.74) is 9.55. The van der Waals surface area contributed by atoms with Crippen molar-refractivity contribution in [1.82, 2.24) is 0 Å². The second-order valence-electron chi connectivity index (χ2n) is 4.53. The first-order valence-electron chi connectivity index (χ1n) is 4.00. The normalized spacial score (nSPS) is 19.0. The lowest BCUT2D eigenvalue weighted by Crippen LogP contribution is -2.60. The lowest BCUT2D eigenvalue weighted by molar-refractivity contribution is -0.0499. The van der Waals surface area contributed by atoms with Crippen molar-refractivity contribution in [1.29, 1.82) is 0 Å². The van der Waals surface area contributed by atoms with Crippen LogP contribution in [0.15, 0.2) is 0 Å². The molecule has 74 valence electrons. The van der Waals surface area contributed by atoms with E-state index in [-0.39, 0.29) is 0 Å². The highest BCUT2D eigenvalue weighted by Gasteiger charge is 2.37. The van der Waals surface area contributed by atoms with Gasteiger partial charge in [-0.2, -0.15) is 0 Å². The molecule has 0 aromatic heterocycles. The van der Waals surface area contributed by atoms with Gasteiger partial charge in [-0.3, -0.25) is 0 Å². The van der Waals surface area contributed by atoms with Gasteiger partial charge in [-0.25, -0.2) is 0 Å². The van der Waals surface area contributed by atoms with E-state index in [1.54, 1.807) is 27.7 Å². The predicted molar refractivity (Wildman–Crippen MR) is 48.5 cm³/mol. The van der Waals surface area contributed by atoms with Gasteiger partial charge in [0.05, 0.1) is 12.2 Å². The molecule has 4 nitrogen and oxygen atoms in total. The molecule has 2 unspecified atom stereocenters. The van der Waals surface area contributed by atoms with Crippen LogP contribution in [0, 0.1) is 0 Å². The van der Waals surface area contributed by atoms with E-state index < -0.39 is 23.3 Å². The largest absolute Gasteiger partial charge is 0.388 e. The van der Waals surface area contributed by atoms with Crippen molar-refractivity contribution in [2.75, 3.05) is 0 Å². The monoisotopic (exact) mass is 176 g/mol. The van der Waals surface area contributed by atoms with E-state index in [4.69, 9.17) is 11.5 Å². The fourth-order valence-corrected chi connectivity index (χ4v) is 0.814. The summed E-state index contributed by atoms with van der Waals surface area (Å²) >= 11 is 0. The average Bonchev–Trinajstić information content (AvgIpc) is 1.80. The van der Waals surface area contributed by atoms with Crippen LogP contribution in [0.1, 0.15) is 27.7 Å². The van der Waals surface area contributed by atoms with Gasteiger partial charge in [-0.1, -0.05) is 0 Å². The summed E-state index contributed by atoms with van der Waals surface area (Å²) in [6.45, 7) is 6.58. The summed E-state index contributed by atoms with van der Waals surface area (Å²) in [6.07, 6.45) is -2.03. The number of hydrogen-bond acceptors (Lipinski definition) is 4. The zero-order valence-electron chi connectivity index (χ0n) is 8.20. The Bertz CT molecular complexity index is 128. The second kappa shape index (κ2) is 3.30. The van der Waals surface area contributed by atoms with Gasteiger partial charge < -0.3 is 21.7 Å². The standard InChI is InChI=1S/C8H20N2O2/c1-7(2,9)5(11)6(12)8(3,4)10/h5-6,11-12H,9-10H2,1-4H3. The van der Waals surface area contributed by atoms with Crippen LogP contribution in [0.5, 0.6) is 0 Å². The number of nitrogens with two attached hydrogens (primary N) is 2. The highest BCUT2D eigenvalue weighted by atomic mass is 16.3. The highest BCUT2D eigenvalue weighted by molar-refractivity contribution is 4.95. The molecule has 0 aliphatic heterocycles. The lowest BCUT2D eigenvalue weighted by atomic mass is 9.85. The third kappa shape index (κ3) is 3.06. The Hall–Kier alpha value is -0.160. The molecule has 0 bridgehead atoms. The molecule has 0 aliphatic rings. The first-order chi connectivity index (χ1) is 5.07. The molecular formula is C8H20N2O2. The molecule has 0 fully saturated rings. The van der Waals surface area contributed by atoms with Crippen molar-refractivity contribution in [3.8, 4) is 0 Å². The van der Waals surface area contributed by atoms with Crippen LogP contribution in [0.3, 0.4) is 0 Å². The molecule has 0 saturated heterocycles. The fourth-order valence-electron chi connectivity index (χ4n) is 0.814. The fraction of sp³-hybridized carbons (Fsp3) is 1.00. The predicted octanol–water partition coefficient (Wildman–Crippen LogP) is -0.817. The Morgan fingerprint density at radius 2 is 1.00 bits per heavy atom. The van der Waals surface area contributed by atoms with Crippen LogP contribution < -0.4 is 11.5 Å². The summed E-state index contributed by atoms with van der Waals surface area (Å²) in [6, 6.07) is 0. The van der Waals surface area contributed by atoms with Crippen molar-refractivity contribution in [2.45, 2.75) is 51.0 Å². The Kier molecular flexibility index (Phi) is 3.25. The van der Waals surface area contributed by atoms with Crippen molar-refractivity contribution in [3.05, 3.63) is 0 Å². The third-order valence-corrected chi connectivity index (χ3v) is 1.82. The minimum absolute atomic E-state index is 0.837. The third-order valence-electron chi connectivity index (χ3n) is 1.82. The topological polar surface area (TPSA) is 92.5 Å². The Morgan fingerprint density at radius 3 is 1.08 bits per heavy atom. The molecule has 2 atom stereocenters. The minimum Gasteiger partial charge on any atom is -0.388 e. The molecule has 0 rings (SSSR count). The second-order valence-corrected chi connectivity index (χ2v) is 4.53. The van der Waals surface area contributed by atoms with Crippen LogP contribution in [0.2, 0.25) is 0 Å². The number of aliphatic hydroxyl groups excluding tert-OH is 2. The first-order valence-corrected chi connectivity index (χ1v) is 4.00. The van der Waals surface area contributed by atoms with Gasteiger partial charge in [0, 0.05) is 11.1 Å². The van der Waals surface area contributed by atoms with E-state index in [0.29, 0.717) is 0 Å². The summed E-state index contributed by atoms with van der Waals surface area (Å²) in [4.78, 5) is 0. The molecular weight excluding hydrogens is 156 g/mol. The molecule has 0 aromatic carbocycles. The summed E-state index contributed by atoms with van der Waals surface area (Å²) in [5.74, 6) is 0. The molecule has 0 spiro atoms. The van der Waals surface area contributed by atoms with E-state index in [2.05, 4.69) is 0 Å².